The standard InChI is InChI=1S/C23H24Cl2N4O2S2/c1-3-11-29-21(14-32-13-16-5-10-19(24)20(25)12-16)27-28-23(29)33-15-22(30)26-17-6-8-18(9-7-17)31-4-2/h3,5-10,12H,1,4,11,13-15H2,2H3,(H,26,30). The van der Waals surface area contributed by atoms with Gasteiger partial charge in [0, 0.05) is 18.0 Å². The molecule has 0 saturated carbocycles. The topological polar surface area (TPSA) is 69.0 Å². The molecule has 0 unspecified atom stereocenters. The number of thioether (sulfide) groups is 2. The number of rotatable bonds is 12. The SMILES string of the molecule is C=CCn1c(CSCc2ccc(Cl)c(Cl)c2)nnc1SCC(=O)Nc1ccc(OCC)cc1. The van der Waals surface area contributed by atoms with Gasteiger partial charge in [-0.2, -0.15) is 0 Å². The molecule has 1 heterocycles. The van der Waals surface area contributed by atoms with Gasteiger partial charge in [-0.05, 0) is 48.9 Å². The predicted octanol–water partition coefficient (Wildman–Crippen LogP) is 6.33. The summed E-state index contributed by atoms with van der Waals surface area (Å²) >= 11 is 15.1. The summed E-state index contributed by atoms with van der Waals surface area (Å²) in [5.74, 6) is 3.14. The number of carbonyl (C=O) groups is 1. The summed E-state index contributed by atoms with van der Waals surface area (Å²) in [5, 5.41) is 13.3. The number of hydrogen-bond acceptors (Lipinski definition) is 6. The fourth-order valence-corrected chi connectivity index (χ4v) is 4.86. The molecule has 0 bridgehead atoms. The van der Waals surface area contributed by atoms with Gasteiger partial charge >= 0.3 is 0 Å². The molecule has 0 aliphatic carbocycles. The highest BCUT2D eigenvalue weighted by Crippen LogP contribution is 2.26. The Morgan fingerprint density at radius 3 is 2.64 bits per heavy atom. The highest BCUT2D eigenvalue weighted by atomic mass is 35.5. The van der Waals surface area contributed by atoms with Crippen molar-refractivity contribution >= 4 is 58.3 Å². The zero-order valence-electron chi connectivity index (χ0n) is 18.1. The molecule has 0 atom stereocenters. The summed E-state index contributed by atoms with van der Waals surface area (Å²) in [6.45, 7) is 6.92. The van der Waals surface area contributed by atoms with Gasteiger partial charge in [0.1, 0.15) is 11.6 Å². The number of anilines is 1. The normalized spacial score (nSPS) is 10.8. The van der Waals surface area contributed by atoms with Gasteiger partial charge in [-0.1, -0.05) is 47.1 Å². The van der Waals surface area contributed by atoms with E-state index in [-0.39, 0.29) is 11.7 Å². The van der Waals surface area contributed by atoms with Crippen LogP contribution in [-0.4, -0.2) is 33.0 Å². The molecule has 3 rings (SSSR count). The maximum absolute atomic E-state index is 12.4. The Balaban J connectivity index is 1.54. The van der Waals surface area contributed by atoms with E-state index in [1.165, 1.54) is 11.8 Å². The molecule has 6 nitrogen and oxygen atoms in total. The Morgan fingerprint density at radius 1 is 1.15 bits per heavy atom. The van der Waals surface area contributed by atoms with Crippen LogP contribution in [0.2, 0.25) is 10.0 Å². The van der Waals surface area contributed by atoms with Crippen molar-refractivity contribution in [1.82, 2.24) is 14.8 Å². The highest BCUT2D eigenvalue weighted by Gasteiger charge is 2.14. The van der Waals surface area contributed by atoms with Crippen molar-refractivity contribution in [3.63, 3.8) is 0 Å². The van der Waals surface area contributed by atoms with Gasteiger partial charge in [0.05, 0.1) is 28.2 Å². The first-order chi connectivity index (χ1) is 16.0. The Kier molecular flexibility index (Phi) is 9.99. The summed E-state index contributed by atoms with van der Waals surface area (Å²) in [6, 6.07) is 12.9. The van der Waals surface area contributed by atoms with Crippen molar-refractivity contribution in [1.29, 1.82) is 0 Å². The van der Waals surface area contributed by atoms with Crippen molar-refractivity contribution in [2.24, 2.45) is 0 Å². The van der Waals surface area contributed by atoms with Crippen LogP contribution in [0.5, 0.6) is 5.75 Å². The molecule has 1 amide bonds. The lowest BCUT2D eigenvalue weighted by Gasteiger charge is -2.09. The maximum atomic E-state index is 12.4. The molecule has 1 N–H and O–H groups in total. The molecule has 3 aromatic rings. The van der Waals surface area contributed by atoms with Gasteiger partial charge in [0.25, 0.3) is 0 Å². The van der Waals surface area contributed by atoms with Crippen molar-refractivity contribution in [3.05, 3.63) is 76.6 Å². The van der Waals surface area contributed by atoms with Gasteiger partial charge in [0.15, 0.2) is 5.16 Å². The lowest BCUT2D eigenvalue weighted by Crippen LogP contribution is -2.14. The Bertz CT molecular complexity index is 1090. The van der Waals surface area contributed by atoms with E-state index in [1.54, 1.807) is 23.9 Å². The second-order valence-corrected chi connectivity index (χ2v) is 9.58. The van der Waals surface area contributed by atoms with E-state index < -0.39 is 0 Å². The van der Waals surface area contributed by atoms with E-state index in [0.717, 1.165) is 28.6 Å². The number of carbonyl (C=O) groups excluding carboxylic acids is 1. The minimum Gasteiger partial charge on any atom is -0.494 e. The molecule has 1 aromatic heterocycles. The number of allylic oxidation sites excluding steroid dienone is 1. The van der Waals surface area contributed by atoms with E-state index in [2.05, 4.69) is 22.1 Å². The van der Waals surface area contributed by atoms with E-state index in [0.29, 0.717) is 34.1 Å². The first kappa shape index (κ1) is 25.5. The number of halogens is 2. The molecule has 0 fully saturated rings. The summed E-state index contributed by atoms with van der Waals surface area (Å²) in [5.41, 5.74) is 1.81. The summed E-state index contributed by atoms with van der Waals surface area (Å²) in [4.78, 5) is 12.4. The average Bonchev–Trinajstić information content (AvgIpc) is 3.18. The van der Waals surface area contributed by atoms with Crippen LogP contribution in [0.15, 0.2) is 60.3 Å². The summed E-state index contributed by atoms with van der Waals surface area (Å²) < 4.78 is 7.39. The van der Waals surface area contributed by atoms with Gasteiger partial charge in [-0.3, -0.25) is 4.79 Å². The van der Waals surface area contributed by atoms with Crippen molar-refractivity contribution in [2.75, 3.05) is 17.7 Å². The molecule has 0 spiro atoms. The Hall–Kier alpha value is -2.13. The van der Waals surface area contributed by atoms with Crippen LogP contribution >= 0.6 is 46.7 Å². The average molecular weight is 524 g/mol. The van der Waals surface area contributed by atoms with Gasteiger partial charge in [0.2, 0.25) is 5.91 Å². The minimum absolute atomic E-state index is 0.118. The number of aromatic nitrogens is 3. The second-order valence-electron chi connectivity index (χ2n) is 6.83. The second kappa shape index (κ2) is 12.9. The maximum Gasteiger partial charge on any atom is 0.234 e. The predicted molar refractivity (Wildman–Crippen MR) is 139 cm³/mol. The number of ether oxygens (including phenoxy) is 1. The lowest BCUT2D eigenvalue weighted by atomic mass is 10.2. The molecule has 0 saturated heterocycles. The third-order valence-electron chi connectivity index (χ3n) is 4.37. The number of hydrogen-bond donors (Lipinski definition) is 1. The molecule has 0 aliphatic rings. The molecule has 174 valence electrons. The molecular formula is C23H24Cl2N4O2S2. The first-order valence-corrected chi connectivity index (χ1v) is 13.1. The minimum atomic E-state index is -0.118. The third kappa shape index (κ3) is 7.71. The smallest absolute Gasteiger partial charge is 0.234 e. The zero-order valence-corrected chi connectivity index (χ0v) is 21.2. The number of benzene rings is 2. The van der Waals surface area contributed by atoms with Crippen LogP contribution in [-0.2, 0) is 22.8 Å². The molecular weight excluding hydrogens is 499 g/mol. The fourth-order valence-electron chi connectivity index (χ4n) is 2.86. The Labute approximate surface area is 212 Å². The van der Waals surface area contributed by atoms with Crippen LogP contribution in [0.3, 0.4) is 0 Å². The van der Waals surface area contributed by atoms with Crippen molar-refractivity contribution in [2.45, 2.75) is 30.1 Å². The van der Waals surface area contributed by atoms with E-state index in [4.69, 9.17) is 27.9 Å². The monoisotopic (exact) mass is 522 g/mol. The highest BCUT2D eigenvalue weighted by molar-refractivity contribution is 7.99. The van der Waals surface area contributed by atoms with E-state index >= 15 is 0 Å². The first-order valence-electron chi connectivity index (χ1n) is 10.2. The van der Waals surface area contributed by atoms with Crippen LogP contribution in [0, 0.1) is 0 Å². The van der Waals surface area contributed by atoms with Gasteiger partial charge in [-0.15, -0.1) is 28.5 Å². The van der Waals surface area contributed by atoms with Crippen molar-refractivity contribution in [3.8, 4) is 5.75 Å². The van der Waals surface area contributed by atoms with Crippen LogP contribution in [0.1, 0.15) is 18.3 Å². The summed E-state index contributed by atoms with van der Waals surface area (Å²) in [7, 11) is 0. The van der Waals surface area contributed by atoms with Crippen LogP contribution in [0.25, 0.3) is 0 Å². The van der Waals surface area contributed by atoms with E-state index in [9.17, 15) is 4.79 Å². The third-order valence-corrected chi connectivity index (χ3v) is 7.08. The molecule has 10 heteroatoms. The zero-order chi connectivity index (χ0) is 23.6. The molecule has 2 aromatic carbocycles. The Morgan fingerprint density at radius 2 is 1.94 bits per heavy atom. The van der Waals surface area contributed by atoms with Gasteiger partial charge < -0.3 is 14.6 Å². The number of nitrogens with zero attached hydrogens (tertiary/aromatic N) is 3. The summed E-state index contributed by atoms with van der Waals surface area (Å²) in [6.07, 6.45) is 1.79. The molecule has 0 aliphatic heterocycles. The lowest BCUT2D eigenvalue weighted by molar-refractivity contribution is -0.113. The molecule has 0 radical (unpaired) electrons. The van der Waals surface area contributed by atoms with Crippen LogP contribution < -0.4 is 10.1 Å². The fraction of sp³-hybridized carbons (Fsp3) is 0.261. The number of nitrogens with one attached hydrogen (secondary N) is 1. The molecule has 33 heavy (non-hydrogen) atoms. The number of amides is 1. The van der Waals surface area contributed by atoms with E-state index in [1.807, 2.05) is 47.9 Å². The largest absolute Gasteiger partial charge is 0.494 e. The van der Waals surface area contributed by atoms with Crippen LogP contribution in [0.4, 0.5) is 5.69 Å². The van der Waals surface area contributed by atoms with Crippen molar-refractivity contribution < 1.29 is 9.53 Å². The van der Waals surface area contributed by atoms with Gasteiger partial charge in [-0.25, -0.2) is 0 Å². The quantitative estimate of drug-likeness (QED) is 0.221.